The lowest BCUT2D eigenvalue weighted by atomic mass is 10.2. The summed E-state index contributed by atoms with van der Waals surface area (Å²) < 4.78 is 27.6. The number of anilines is 1. The second-order valence-corrected chi connectivity index (χ2v) is 5.84. The first-order valence-electron chi connectivity index (χ1n) is 6.72. The Morgan fingerprint density at radius 1 is 1.52 bits per heavy atom. The number of hydrogen-bond donors (Lipinski definition) is 2. The van der Waals surface area contributed by atoms with Gasteiger partial charge >= 0.3 is 5.69 Å². The molecular formula is C12H14N4O6S. The fourth-order valence-corrected chi connectivity index (χ4v) is 2.88. The molecule has 10 nitrogen and oxygen atoms in total. The Balaban J connectivity index is 1.97. The minimum atomic E-state index is -1.92. The van der Waals surface area contributed by atoms with Gasteiger partial charge in [-0.2, -0.15) is 0 Å². The molecule has 2 aromatic rings. The van der Waals surface area contributed by atoms with Crippen molar-refractivity contribution >= 4 is 33.8 Å². The van der Waals surface area contributed by atoms with Gasteiger partial charge in [-0.1, -0.05) is 0 Å². The number of hydrogen-bond acceptors (Lipinski definition) is 9. The van der Waals surface area contributed by atoms with Gasteiger partial charge in [0.15, 0.2) is 23.2 Å². The van der Waals surface area contributed by atoms with Crippen LogP contribution < -0.4 is 10.5 Å². The van der Waals surface area contributed by atoms with E-state index in [4.69, 9.17) is 19.0 Å². The monoisotopic (exact) mass is 342 g/mol. The van der Waals surface area contributed by atoms with Gasteiger partial charge in [0, 0.05) is 6.54 Å². The van der Waals surface area contributed by atoms with Crippen molar-refractivity contribution in [3.05, 3.63) is 22.6 Å². The van der Waals surface area contributed by atoms with Crippen LogP contribution in [0.1, 0.15) is 0 Å². The molecule has 2 heterocycles. The molecule has 0 aliphatic carbocycles. The Morgan fingerprint density at radius 2 is 2.35 bits per heavy atom. The van der Waals surface area contributed by atoms with E-state index in [0.717, 1.165) is 12.5 Å². The first-order chi connectivity index (χ1) is 11.1. The molecule has 1 aromatic heterocycles. The van der Waals surface area contributed by atoms with Crippen LogP contribution in [0.3, 0.4) is 0 Å². The van der Waals surface area contributed by atoms with Crippen LogP contribution >= 0.6 is 0 Å². The van der Waals surface area contributed by atoms with E-state index in [-0.39, 0.29) is 33.5 Å². The van der Waals surface area contributed by atoms with Crippen LogP contribution in [-0.4, -0.2) is 46.9 Å². The molecule has 0 amide bonds. The number of rotatable bonds is 5. The van der Waals surface area contributed by atoms with Gasteiger partial charge in [-0.3, -0.25) is 10.1 Å². The van der Waals surface area contributed by atoms with E-state index in [0.29, 0.717) is 26.4 Å². The minimum absolute atomic E-state index is 0.0447. The summed E-state index contributed by atoms with van der Waals surface area (Å²) in [5.74, 6) is 0. The smallest absolute Gasteiger partial charge is 0.301 e. The van der Waals surface area contributed by atoms with Crippen molar-refractivity contribution in [3.63, 3.8) is 0 Å². The van der Waals surface area contributed by atoms with E-state index in [1.54, 1.807) is 0 Å². The number of nitrogens with two attached hydrogens (primary N) is 1. The van der Waals surface area contributed by atoms with Gasteiger partial charge in [0.1, 0.15) is 0 Å². The number of nitro groups is 1. The Hall–Kier alpha value is -1.92. The summed E-state index contributed by atoms with van der Waals surface area (Å²) in [5, 5.41) is 19.6. The lowest BCUT2D eigenvalue weighted by molar-refractivity contribution is -0.384. The highest BCUT2D eigenvalue weighted by atomic mass is 32.2. The molecule has 124 valence electrons. The van der Waals surface area contributed by atoms with E-state index < -0.39 is 16.3 Å². The molecule has 3 rings (SSSR count). The summed E-state index contributed by atoms with van der Waals surface area (Å²) in [4.78, 5) is 14.7. The number of ether oxygens (including phenoxy) is 2. The number of benzene rings is 1. The number of oxazole rings is 1. The van der Waals surface area contributed by atoms with Crippen LogP contribution in [0.5, 0.6) is 0 Å². The average molecular weight is 342 g/mol. The number of nitro benzene ring substituents is 1. The van der Waals surface area contributed by atoms with Crippen molar-refractivity contribution in [1.29, 1.82) is 0 Å². The second kappa shape index (κ2) is 6.68. The normalized spacial score (nSPS) is 19.7. The predicted molar refractivity (Wildman–Crippen MR) is 80.3 cm³/mol. The first kappa shape index (κ1) is 16.0. The third-order valence-corrected chi connectivity index (χ3v) is 4.10. The zero-order chi connectivity index (χ0) is 16.4. The molecule has 3 N–H and O–H groups in total. The molecule has 1 saturated heterocycles. The SMILES string of the molecule is N[S+]([O-])c1cc([N+](=O)[O-])c(NC[C@H]2COCCO2)c2ocnc12. The third-order valence-electron chi connectivity index (χ3n) is 3.36. The fourth-order valence-electron chi connectivity index (χ4n) is 2.32. The fraction of sp³-hybridized carbons (Fsp3) is 0.417. The molecule has 23 heavy (non-hydrogen) atoms. The molecule has 0 spiro atoms. The summed E-state index contributed by atoms with van der Waals surface area (Å²) >= 11 is -1.92. The highest BCUT2D eigenvalue weighted by Gasteiger charge is 2.28. The Kier molecular flexibility index (Phi) is 4.63. The van der Waals surface area contributed by atoms with Crippen molar-refractivity contribution in [2.75, 3.05) is 31.7 Å². The molecular weight excluding hydrogens is 328 g/mol. The summed E-state index contributed by atoms with van der Waals surface area (Å²) in [6.07, 6.45) is 0.889. The average Bonchev–Trinajstić information content (AvgIpc) is 3.02. The Labute approximate surface area is 133 Å². The maximum absolute atomic E-state index is 11.6. The highest BCUT2D eigenvalue weighted by Crippen LogP contribution is 2.36. The van der Waals surface area contributed by atoms with Crippen LogP contribution in [0.25, 0.3) is 11.1 Å². The van der Waals surface area contributed by atoms with E-state index in [9.17, 15) is 14.7 Å². The molecule has 11 heteroatoms. The van der Waals surface area contributed by atoms with E-state index in [2.05, 4.69) is 10.3 Å². The van der Waals surface area contributed by atoms with Gasteiger partial charge < -0.3 is 23.8 Å². The summed E-state index contributed by atoms with van der Waals surface area (Å²) in [6, 6.07) is 1.14. The van der Waals surface area contributed by atoms with Gasteiger partial charge in [0.25, 0.3) is 0 Å². The van der Waals surface area contributed by atoms with Gasteiger partial charge in [-0.25, -0.2) is 4.98 Å². The molecule has 2 atom stereocenters. The molecule has 1 aliphatic rings. The van der Waals surface area contributed by atoms with Crippen LogP contribution in [-0.2, 0) is 20.8 Å². The number of nitrogens with one attached hydrogen (secondary N) is 1. The standard InChI is InChI=1S/C12H14N4O6S/c13-23(19)9-3-8(16(17)18)10(12-11(9)15-6-22-12)14-4-7-5-20-1-2-21-7/h3,6-7,14H,1-2,4-5,13H2/t7-,23?/m0/s1. The van der Waals surface area contributed by atoms with Crippen LogP contribution in [0.4, 0.5) is 11.4 Å². The Morgan fingerprint density at radius 3 is 3.00 bits per heavy atom. The lowest BCUT2D eigenvalue weighted by Gasteiger charge is -2.23. The molecule has 1 aliphatic heterocycles. The molecule has 1 fully saturated rings. The van der Waals surface area contributed by atoms with E-state index >= 15 is 0 Å². The quantitative estimate of drug-likeness (QED) is 0.451. The number of nitrogens with zero attached hydrogens (tertiary/aromatic N) is 2. The maximum atomic E-state index is 11.6. The molecule has 0 radical (unpaired) electrons. The van der Waals surface area contributed by atoms with Gasteiger partial charge in [0.05, 0.1) is 48.3 Å². The summed E-state index contributed by atoms with van der Waals surface area (Å²) in [7, 11) is 0. The van der Waals surface area contributed by atoms with Gasteiger partial charge in [-0.05, 0) is 0 Å². The van der Waals surface area contributed by atoms with E-state index in [1.807, 2.05) is 0 Å². The molecule has 0 saturated carbocycles. The zero-order valence-electron chi connectivity index (χ0n) is 11.9. The Bertz CT molecular complexity index is 715. The maximum Gasteiger partial charge on any atom is 0.301 e. The first-order valence-corrected chi connectivity index (χ1v) is 7.93. The molecule has 0 bridgehead atoms. The van der Waals surface area contributed by atoms with Crippen molar-refractivity contribution in [1.82, 2.24) is 4.98 Å². The topological polar surface area (TPSA) is 149 Å². The van der Waals surface area contributed by atoms with Gasteiger partial charge in [-0.15, -0.1) is 5.14 Å². The van der Waals surface area contributed by atoms with E-state index in [1.165, 1.54) is 0 Å². The molecule has 1 unspecified atom stereocenters. The highest BCUT2D eigenvalue weighted by molar-refractivity contribution is 7.89. The minimum Gasteiger partial charge on any atom is -0.593 e. The number of fused-ring (bicyclic) bond motifs is 1. The predicted octanol–water partition coefficient (Wildman–Crippen LogP) is 0.545. The van der Waals surface area contributed by atoms with Crippen LogP contribution in [0, 0.1) is 10.1 Å². The second-order valence-electron chi connectivity index (χ2n) is 4.80. The van der Waals surface area contributed by atoms with Crippen molar-refractivity contribution in [2.24, 2.45) is 5.14 Å². The van der Waals surface area contributed by atoms with Gasteiger partial charge in [0.2, 0.25) is 4.90 Å². The van der Waals surface area contributed by atoms with Crippen molar-refractivity contribution in [3.8, 4) is 0 Å². The van der Waals surface area contributed by atoms with Crippen LogP contribution in [0.2, 0.25) is 0 Å². The van der Waals surface area contributed by atoms with Crippen molar-refractivity contribution in [2.45, 2.75) is 11.0 Å². The lowest BCUT2D eigenvalue weighted by Crippen LogP contribution is -2.34. The largest absolute Gasteiger partial charge is 0.593 e. The zero-order valence-corrected chi connectivity index (χ0v) is 12.7. The third kappa shape index (κ3) is 3.23. The number of aromatic nitrogens is 1. The molecule has 1 aromatic carbocycles. The summed E-state index contributed by atoms with van der Waals surface area (Å²) in [6.45, 7) is 1.68. The van der Waals surface area contributed by atoms with Crippen LogP contribution in [0.15, 0.2) is 21.8 Å². The van der Waals surface area contributed by atoms with Crippen molar-refractivity contribution < 1.29 is 23.4 Å². The summed E-state index contributed by atoms with van der Waals surface area (Å²) in [5.41, 5.74) is 0.204.